The van der Waals surface area contributed by atoms with Crippen LogP contribution >= 0.6 is 12.2 Å². The van der Waals surface area contributed by atoms with Crippen molar-refractivity contribution < 1.29 is 8.78 Å². The van der Waals surface area contributed by atoms with Crippen molar-refractivity contribution in [1.82, 2.24) is 9.55 Å². The van der Waals surface area contributed by atoms with Crippen molar-refractivity contribution in [3.63, 3.8) is 0 Å². The molecule has 1 aliphatic rings. The lowest BCUT2D eigenvalue weighted by Crippen LogP contribution is -2.07. The number of fused-ring (bicyclic) bond motifs is 1. The van der Waals surface area contributed by atoms with Crippen molar-refractivity contribution >= 4 is 23.3 Å². The molecule has 0 spiro atoms. The van der Waals surface area contributed by atoms with Crippen LogP contribution in [0.3, 0.4) is 0 Å². The molecule has 0 saturated heterocycles. The fourth-order valence-electron chi connectivity index (χ4n) is 2.81. The van der Waals surface area contributed by atoms with Crippen molar-refractivity contribution in [3.05, 3.63) is 28.5 Å². The third kappa shape index (κ3) is 1.96. The van der Waals surface area contributed by atoms with Gasteiger partial charge in [0.15, 0.2) is 10.6 Å². The van der Waals surface area contributed by atoms with Gasteiger partial charge < -0.3 is 9.55 Å². The van der Waals surface area contributed by atoms with Gasteiger partial charge in [0.1, 0.15) is 11.3 Å². The second-order valence-electron chi connectivity index (χ2n) is 4.97. The third-order valence-electron chi connectivity index (χ3n) is 3.72. The first-order chi connectivity index (χ1) is 8.65. The van der Waals surface area contributed by atoms with Crippen molar-refractivity contribution in [2.45, 2.75) is 32.2 Å². The van der Waals surface area contributed by atoms with E-state index in [4.69, 9.17) is 12.2 Å². The van der Waals surface area contributed by atoms with E-state index in [0.717, 1.165) is 12.6 Å². The highest BCUT2D eigenvalue weighted by Gasteiger charge is 2.18. The molecule has 1 heterocycles. The lowest BCUT2D eigenvalue weighted by molar-refractivity contribution is 0.461. The lowest BCUT2D eigenvalue weighted by Gasteiger charge is -2.10. The maximum atomic E-state index is 13.6. The molecule has 0 atom stereocenters. The number of imidazole rings is 1. The Morgan fingerprint density at radius 2 is 2.00 bits per heavy atom. The molecule has 1 saturated carbocycles. The van der Waals surface area contributed by atoms with Gasteiger partial charge in [-0.25, -0.2) is 8.78 Å². The van der Waals surface area contributed by atoms with Gasteiger partial charge in [-0.15, -0.1) is 0 Å². The first-order valence-electron chi connectivity index (χ1n) is 6.22. The smallest absolute Gasteiger partial charge is 0.178 e. The predicted octanol–water partition coefficient (Wildman–Crippen LogP) is 4.17. The van der Waals surface area contributed by atoms with Gasteiger partial charge in [0.25, 0.3) is 0 Å². The van der Waals surface area contributed by atoms with Gasteiger partial charge in [-0.1, -0.05) is 12.8 Å². The summed E-state index contributed by atoms with van der Waals surface area (Å²) in [5.41, 5.74) is 0.837. The van der Waals surface area contributed by atoms with E-state index in [0.29, 0.717) is 21.7 Å². The summed E-state index contributed by atoms with van der Waals surface area (Å²) >= 11 is 5.21. The summed E-state index contributed by atoms with van der Waals surface area (Å²) in [6.45, 7) is 0.752. The van der Waals surface area contributed by atoms with E-state index < -0.39 is 11.6 Å². The van der Waals surface area contributed by atoms with E-state index in [2.05, 4.69) is 4.98 Å². The van der Waals surface area contributed by atoms with Crippen molar-refractivity contribution in [1.29, 1.82) is 0 Å². The Morgan fingerprint density at radius 3 is 2.72 bits per heavy atom. The quantitative estimate of drug-likeness (QED) is 0.811. The molecule has 96 valence electrons. The fraction of sp³-hybridized carbons (Fsp3) is 0.462. The zero-order valence-corrected chi connectivity index (χ0v) is 10.7. The summed E-state index contributed by atoms with van der Waals surface area (Å²) in [6, 6.07) is 2.23. The molecular formula is C13H14F2N2S. The highest BCUT2D eigenvalue weighted by atomic mass is 32.1. The molecule has 1 fully saturated rings. The monoisotopic (exact) mass is 268 g/mol. The zero-order valence-electron chi connectivity index (χ0n) is 9.88. The SMILES string of the molecule is Fc1cc(F)c2[nH]c(=S)n(CC3CCCC3)c2c1. The molecule has 1 aromatic carbocycles. The van der Waals surface area contributed by atoms with Crippen LogP contribution in [0.2, 0.25) is 0 Å². The number of benzene rings is 1. The summed E-state index contributed by atoms with van der Waals surface area (Å²) in [5.74, 6) is -0.572. The highest BCUT2D eigenvalue weighted by molar-refractivity contribution is 7.71. The van der Waals surface area contributed by atoms with E-state index in [-0.39, 0.29) is 0 Å². The third-order valence-corrected chi connectivity index (χ3v) is 4.04. The Morgan fingerprint density at radius 1 is 1.28 bits per heavy atom. The second kappa shape index (κ2) is 4.46. The summed E-state index contributed by atoms with van der Waals surface area (Å²) in [4.78, 5) is 2.83. The lowest BCUT2D eigenvalue weighted by atomic mass is 10.1. The van der Waals surface area contributed by atoms with Crippen molar-refractivity contribution in [2.24, 2.45) is 5.92 Å². The van der Waals surface area contributed by atoms with Crippen molar-refractivity contribution in [3.8, 4) is 0 Å². The van der Waals surface area contributed by atoms with E-state index in [1.54, 1.807) is 0 Å². The van der Waals surface area contributed by atoms with E-state index in [1.165, 1.54) is 31.7 Å². The van der Waals surface area contributed by atoms with E-state index in [9.17, 15) is 8.78 Å². The molecule has 18 heavy (non-hydrogen) atoms. The van der Waals surface area contributed by atoms with E-state index in [1.807, 2.05) is 4.57 Å². The Labute approximate surface area is 109 Å². The number of aromatic nitrogens is 2. The maximum absolute atomic E-state index is 13.6. The van der Waals surface area contributed by atoms with Gasteiger partial charge in [-0.3, -0.25) is 0 Å². The minimum atomic E-state index is -0.582. The van der Waals surface area contributed by atoms with Gasteiger partial charge in [0.05, 0.1) is 5.52 Å². The molecule has 2 aromatic rings. The fourth-order valence-corrected chi connectivity index (χ4v) is 3.09. The molecule has 1 aromatic heterocycles. The minimum absolute atomic E-state index is 0.305. The topological polar surface area (TPSA) is 20.7 Å². The second-order valence-corrected chi connectivity index (χ2v) is 5.36. The summed E-state index contributed by atoms with van der Waals surface area (Å²) in [5, 5.41) is 0. The van der Waals surface area contributed by atoms with E-state index >= 15 is 0 Å². The standard InChI is InChI=1S/C13H14F2N2S/c14-9-5-10(15)12-11(6-9)17(13(18)16-12)7-8-3-1-2-4-8/h5-6,8H,1-4,7H2,(H,16,18). The largest absolute Gasteiger partial charge is 0.328 e. The Kier molecular flexibility index (Phi) is 2.93. The Balaban J connectivity index is 2.09. The first kappa shape index (κ1) is 11.8. The predicted molar refractivity (Wildman–Crippen MR) is 69.0 cm³/mol. The molecular weight excluding hydrogens is 254 g/mol. The van der Waals surface area contributed by atoms with Crippen LogP contribution in [0.25, 0.3) is 11.0 Å². The van der Waals surface area contributed by atoms with Crippen LogP contribution in [0, 0.1) is 22.3 Å². The van der Waals surface area contributed by atoms with Gasteiger partial charge in [0.2, 0.25) is 0 Å². The molecule has 5 heteroatoms. The summed E-state index contributed by atoms with van der Waals surface area (Å²) in [6.07, 6.45) is 4.82. The Bertz CT molecular complexity index is 638. The van der Waals surface area contributed by atoms with Crippen LogP contribution in [0.5, 0.6) is 0 Å². The molecule has 1 N–H and O–H groups in total. The van der Waals surface area contributed by atoms with Gasteiger partial charge in [-0.2, -0.15) is 0 Å². The minimum Gasteiger partial charge on any atom is -0.328 e. The zero-order chi connectivity index (χ0) is 12.7. The van der Waals surface area contributed by atoms with Gasteiger partial charge >= 0.3 is 0 Å². The van der Waals surface area contributed by atoms with Crippen molar-refractivity contribution in [2.75, 3.05) is 0 Å². The molecule has 0 bridgehead atoms. The average molecular weight is 268 g/mol. The normalized spacial score (nSPS) is 16.8. The number of rotatable bonds is 2. The number of H-pyrrole nitrogens is 1. The first-order valence-corrected chi connectivity index (χ1v) is 6.63. The average Bonchev–Trinajstić information content (AvgIpc) is 2.91. The molecule has 3 rings (SSSR count). The summed E-state index contributed by atoms with van der Waals surface area (Å²) < 4.78 is 29.2. The molecule has 2 nitrogen and oxygen atoms in total. The van der Waals surface area contributed by atoms with Crippen LogP contribution in [0.1, 0.15) is 25.7 Å². The Hall–Kier alpha value is -1.23. The highest BCUT2D eigenvalue weighted by Crippen LogP contribution is 2.28. The summed E-state index contributed by atoms with van der Waals surface area (Å²) in [7, 11) is 0. The number of hydrogen-bond donors (Lipinski definition) is 1. The van der Waals surface area contributed by atoms with Crippen LogP contribution in [0.15, 0.2) is 12.1 Å². The number of aromatic amines is 1. The van der Waals surface area contributed by atoms with Crippen LogP contribution in [-0.2, 0) is 6.54 Å². The van der Waals surface area contributed by atoms with Gasteiger partial charge in [0, 0.05) is 12.6 Å². The molecule has 1 aliphatic carbocycles. The number of nitrogens with zero attached hydrogens (tertiary/aromatic N) is 1. The number of halogens is 2. The molecule has 0 amide bonds. The number of hydrogen-bond acceptors (Lipinski definition) is 1. The van der Waals surface area contributed by atoms with Crippen LogP contribution in [0.4, 0.5) is 8.78 Å². The molecule has 0 aliphatic heterocycles. The molecule has 0 radical (unpaired) electrons. The van der Waals surface area contributed by atoms with Gasteiger partial charge in [-0.05, 0) is 37.0 Å². The molecule has 0 unspecified atom stereocenters. The number of nitrogens with one attached hydrogen (secondary N) is 1. The van der Waals surface area contributed by atoms with Crippen LogP contribution < -0.4 is 0 Å². The maximum Gasteiger partial charge on any atom is 0.178 e. The van der Waals surface area contributed by atoms with Crippen LogP contribution in [-0.4, -0.2) is 9.55 Å².